The highest BCUT2D eigenvalue weighted by Gasteiger charge is 2.30. The van der Waals surface area contributed by atoms with Gasteiger partial charge in [0.2, 0.25) is 5.91 Å². The number of fused-ring (bicyclic) bond motifs is 1. The largest absolute Gasteiger partial charge is 0.323 e. The molecular weight excluding hydrogens is 278 g/mol. The number of carbonyl (C=O) groups is 1. The fraction of sp³-hybridized carbons (Fsp3) is 0.462. The minimum atomic E-state index is -0.0138. The molecule has 0 atom stereocenters. The van der Waals surface area contributed by atoms with E-state index in [9.17, 15) is 10.1 Å². The van der Waals surface area contributed by atoms with Crippen molar-refractivity contribution in [2.75, 3.05) is 5.32 Å². The summed E-state index contributed by atoms with van der Waals surface area (Å²) in [6.07, 6.45) is 5.03. The monoisotopic (exact) mass is 291 g/mol. The number of anilines is 1. The molecule has 1 aromatic heterocycles. The van der Waals surface area contributed by atoms with Crippen molar-refractivity contribution in [1.29, 1.82) is 5.26 Å². The Hall–Kier alpha value is -1.45. The number of thiocarbonyl (C=S) groups is 1. The van der Waals surface area contributed by atoms with Crippen molar-refractivity contribution in [2.24, 2.45) is 5.92 Å². The van der Waals surface area contributed by atoms with Gasteiger partial charge in [0.05, 0.1) is 5.56 Å². The molecule has 2 aliphatic rings. The van der Waals surface area contributed by atoms with Crippen molar-refractivity contribution in [2.45, 2.75) is 32.1 Å². The van der Waals surface area contributed by atoms with Gasteiger partial charge in [0.25, 0.3) is 0 Å². The van der Waals surface area contributed by atoms with Gasteiger partial charge in [0, 0.05) is 10.8 Å². The minimum absolute atomic E-state index is 0.0138. The molecule has 0 unspecified atom stereocenters. The van der Waals surface area contributed by atoms with Crippen molar-refractivity contribution >= 4 is 39.6 Å². The molecule has 0 saturated heterocycles. The van der Waals surface area contributed by atoms with Crippen molar-refractivity contribution in [3.05, 3.63) is 16.0 Å². The summed E-state index contributed by atoms with van der Waals surface area (Å²) in [6, 6.07) is 2.25. The SMILES string of the molecule is N#Cc1c(NC(=S)NC(=O)C2CC2)sc2c1CCC2. The molecule has 6 heteroatoms. The van der Waals surface area contributed by atoms with Crippen molar-refractivity contribution in [3.8, 4) is 6.07 Å². The first-order valence-corrected chi connectivity index (χ1v) is 7.58. The first-order valence-electron chi connectivity index (χ1n) is 6.35. The van der Waals surface area contributed by atoms with E-state index in [1.807, 2.05) is 0 Å². The Morgan fingerprint density at radius 3 is 2.89 bits per heavy atom. The Morgan fingerprint density at radius 1 is 1.42 bits per heavy atom. The van der Waals surface area contributed by atoms with E-state index in [-0.39, 0.29) is 11.8 Å². The summed E-state index contributed by atoms with van der Waals surface area (Å²) in [7, 11) is 0. The molecule has 1 fully saturated rings. The van der Waals surface area contributed by atoms with Gasteiger partial charge in [-0.05, 0) is 49.9 Å². The summed E-state index contributed by atoms with van der Waals surface area (Å²) < 4.78 is 0. The molecule has 0 bridgehead atoms. The summed E-state index contributed by atoms with van der Waals surface area (Å²) >= 11 is 6.71. The third-order valence-corrected chi connectivity index (χ3v) is 4.86. The number of rotatable bonds is 2. The minimum Gasteiger partial charge on any atom is -0.323 e. The lowest BCUT2D eigenvalue weighted by Gasteiger charge is -2.08. The molecule has 98 valence electrons. The number of hydrogen-bond donors (Lipinski definition) is 2. The zero-order valence-corrected chi connectivity index (χ0v) is 11.9. The molecule has 0 aromatic carbocycles. The second-order valence-electron chi connectivity index (χ2n) is 4.89. The van der Waals surface area contributed by atoms with Crippen LogP contribution in [0.4, 0.5) is 5.00 Å². The van der Waals surface area contributed by atoms with Gasteiger partial charge in [-0.25, -0.2) is 0 Å². The Kier molecular flexibility index (Phi) is 3.25. The van der Waals surface area contributed by atoms with Gasteiger partial charge in [-0.2, -0.15) is 5.26 Å². The van der Waals surface area contributed by atoms with Crippen LogP contribution in [0.25, 0.3) is 0 Å². The molecule has 1 aromatic rings. The molecular formula is C13H13N3OS2. The predicted molar refractivity (Wildman–Crippen MR) is 78.1 cm³/mol. The van der Waals surface area contributed by atoms with Gasteiger partial charge < -0.3 is 10.6 Å². The average molecular weight is 291 g/mol. The maximum absolute atomic E-state index is 11.6. The first kappa shape index (κ1) is 12.6. The number of carbonyl (C=O) groups excluding carboxylic acids is 1. The number of thiophene rings is 1. The highest BCUT2D eigenvalue weighted by atomic mass is 32.1. The molecule has 19 heavy (non-hydrogen) atoms. The summed E-state index contributed by atoms with van der Waals surface area (Å²) in [5.41, 5.74) is 1.85. The molecule has 3 rings (SSSR count). The standard InChI is InChI=1S/C13H13N3OS2/c14-6-9-8-2-1-3-10(8)19-12(9)16-13(18)15-11(17)7-4-5-7/h7H,1-5H2,(H2,15,16,17,18). The lowest BCUT2D eigenvalue weighted by molar-refractivity contribution is -0.120. The van der Waals surface area contributed by atoms with Gasteiger partial charge >= 0.3 is 0 Å². The van der Waals surface area contributed by atoms with Crippen LogP contribution >= 0.6 is 23.6 Å². The molecule has 4 nitrogen and oxygen atoms in total. The lowest BCUT2D eigenvalue weighted by Crippen LogP contribution is -2.35. The lowest BCUT2D eigenvalue weighted by atomic mass is 10.1. The van der Waals surface area contributed by atoms with Crippen LogP contribution in [-0.2, 0) is 17.6 Å². The zero-order chi connectivity index (χ0) is 13.4. The fourth-order valence-electron chi connectivity index (χ4n) is 2.30. The molecule has 0 aliphatic heterocycles. The van der Waals surface area contributed by atoms with Crippen LogP contribution < -0.4 is 10.6 Å². The van der Waals surface area contributed by atoms with Gasteiger partial charge in [-0.15, -0.1) is 11.3 Å². The van der Waals surface area contributed by atoms with E-state index in [1.54, 1.807) is 11.3 Å². The number of aryl methyl sites for hydroxylation is 1. The molecule has 1 saturated carbocycles. The second-order valence-corrected chi connectivity index (χ2v) is 6.40. The third-order valence-electron chi connectivity index (χ3n) is 3.45. The van der Waals surface area contributed by atoms with Gasteiger partial charge in [0.15, 0.2) is 5.11 Å². The molecule has 1 amide bonds. The number of nitrogens with zero attached hydrogens (tertiary/aromatic N) is 1. The molecule has 1 heterocycles. The number of nitrogens with one attached hydrogen (secondary N) is 2. The van der Waals surface area contributed by atoms with Crippen molar-refractivity contribution < 1.29 is 4.79 Å². The predicted octanol–water partition coefficient (Wildman–Crippen LogP) is 2.33. The van der Waals surface area contributed by atoms with E-state index >= 15 is 0 Å². The van der Waals surface area contributed by atoms with Crippen LogP contribution in [0.5, 0.6) is 0 Å². The molecule has 0 radical (unpaired) electrons. The average Bonchev–Trinajstić information content (AvgIpc) is 3.04. The van der Waals surface area contributed by atoms with Gasteiger partial charge in [-0.3, -0.25) is 4.79 Å². The summed E-state index contributed by atoms with van der Waals surface area (Å²) in [5.74, 6) is 0.114. The highest BCUT2D eigenvalue weighted by molar-refractivity contribution is 7.80. The van der Waals surface area contributed by atoms with Crippen LogP contribution in [0, 0.1) is 17.2 Å². The Morgan fingerprint density at radius 2 is 2.21 bits per heavy atom. The molecule has 2 N–H and O–H groups in total. The quantitative estimate of drug-likeness (QED) is 0.821. The van der Waals surface area contributed by atoms with Crippen molar-refractivity contribution in [1.82, 2.24) is 5.32 Å². The van der Waals surface area contributed by atoms with E-state index in [0.717, 1.165) is 42.7 Å². The van der Waals surface area contributed by atoms with E-state index in [1.165, 1.54) is 4.88 Å². The van der Waals surface area contributed by atoms with E-state index in [0.29, 0.717) is 10.7 Å². The van der Waals surface area contributed by atoms with Crippen LogP contribution in [0.1, 0.15) is 35.3 Å². The normalized spacial score (nSPS) is 16.6. The Labute approximate surface area is 120 Å². The zero-order valence-electron chi connectivity index (χ0n) is 10.3. The fourth-order valence-corrected chi connectivity index (χ4v) is 3.82. The summed E-state index contributed by atoms with van der Waals surface area (Å²) in [6.45, 7) is 0. The maximum atomic E-state index is 11.6. The second kappa shape index (κ2) is 4.91. The van der Waals surface area contributed by atoms with Crippen LogP contribution in [-0.4, -0.2) is 11.0 Å². The smallest absolute Gasteiger partial charge is 0.229 e. The topological polar surface area (TPSA) is 64.9 Å². The third kappa shape index (κ3) is 2.48. The number of hydrogen-bond acceptors (Lipinski definition) is 4. The molecule has 2 aliphatic carbocycles. The van der Waals surface area contributed by atoms with Crippen LogP contribution in [0.15, 0.2) is 0 Å². The van der Waals surface area contributed by atoms with Crippen molar-refractivity contribution in [3.63, 3.8) is 0 Å². The molecule has 0 spiro atoms. The Balaban J connectivity index is 1.71. The van der Waals surface area contributed by atoms with Crippen LogP contribution in [0.2, 0.25) is 0 Å². The summed E-state index contributed by atoms with van der Waals surface area (Å²) in [5, 5.41) is 16.0. The van der Waals surface area contributed by atoms with Gasteiger partial charge in [-0.1, -0.05) is 0 Å². The highest BCUT2D eigenvalue weighted by Crippen LogP contribution is 2.38. The van der Waals surface area contributed by atoms with E-state index < -0.39 is 0 Å². The first-order chi connectivity index (χ1) is 9.19. The summed E-state index contributed by atoms with van der Waals surface area (Å²) in [4.78, 5) is 12.9. The maximum Gasteiger partial charge on any atom is 0.229 e. The Bertz CT molecular complexity index is 596. The number of nitriles is 1. The van der Waals surface area contributed by atoms with Gasteiger partial charge in [0.1, 0.15) is 11.1 Å². The number of amides is 1. The van der Waals surface area contributed by atoms with E-state index in [2.05, 4.69) is 16.7 Å². The van der Waals surface area contributed by atoms with Crippen LogP contribution in [0.3, 0.4) is 0 Å². The van der Waals surface area contributed by atoms with E-state index in [4.69, 9.17) is 12.2 Å².